The van der Waals surface area contributed by atoms with Crippen LogP contribution >= 0.6 is 0 Å². The Bertz CT molecular complexity index is 683. The largest absolute Gasteiger partial charge is 0.348 e. The highest BCUT2D eigenvalue weighted by Crippen LogP contribution is 2.24. The van der Waals surface area contributed by atoms with Crippen molar-refractivity contribution < 1.29 is 4.79 Å². The molecule has 1 aromatic carbocycles. The Labute approximate surface area is 119 Å². The third kappa shape index (κ3) is 2.13. The average molecular weight is 268 g/mol. The van der Waals surface area contributed by atoms with Crippen LogP contribution < -0.4 is 5.32 Å². The van der Waals surface area contributed by atoms with Gasteiger partial charge in [-0.3, -0.25) is 4.79 Å². The molecule has 0 atom stereocenters. The lowest BCUT2D eigenvalue weighted by atomic mass is 10.1. The highest BCUT2D eigenvalue weighted by molar-refractivity contribution is 6.05. The van der Waals surface area contributed by atoms with Crippen LogP contribution in [0.15, 0.2) is 24.3 Å². The second kappa shape index (κ2) is 4.82. The Balaban J connectivity index is 1.86. The first-order chi connectivity index (χ1) is 9.56. The van der Waals surface area contributed by atoms with Gasteiger partial charge >= 0.3 is 0 Å². The number of amides is 1. The van der Waals surface area contributed by atoms with Crippen molar-refractivity contribution in [3.05, 3.63) is 52.3 Å². The maximum atomic E-state index is 12.5. The minimum atomic E-state index is -0.00338. The van der Waals surface area contributed by atoms with Crippen molar-refractivity contribution in [2.24, 2.45) is 0 Å². The molecule has 0 radical (unpaired) electrons. The summed E-state index contributed by atoms with van der Waals surface area (Å²) in [6, 6.07) is 8.13. The fourth-order valence-corrected chi connectivity index (χ4v) is 3.02. The first-order valence-electron chi connectivity index (χ1n) is 7.14. The molecule has 3 rings (SSSR count). The summed E-state index contributed by atoms with van der Waals surface area (Å²) in [5, 5.41) is 3.03. The lowest BCUT2D eigenvalue weighted by Gasteiger charge is -2.09. The van der Waals surface area contributed by atoms with E-state index in [0.717, 1.165) is 35.5 Å². The van der Waals surface area contributed by atoms with Crippen LogP contribution in [-0.4, -0.2) is 10.5 Å². The van der Waals surface area contributed by atoms with E-state index in [-0.39, 0.29) is 5.91 Å². The lowest BCUT2D eigenvalue weighted by Crippen LogP contribution is -2.14. The molecule has 104 valence electrons. The molecule has 3 heteroatoms. The predicted molar refractivity (Wildman–Crippen MR) is 81.4 cm³/mol. The molecule has 3 nitrogen and oxygen atoms in total. The number of hydrogen-bond donors (Lipinski definition) is 1. The Morgan fingerprint density at radius 1 is 1.20 bits per heavy atom. The molecule has 20 heavy (non-hydrogen) atoms. The van der Waals surface area contributed by atoms with E-state index in [9.17, 15) is 4.79 Å². The van der Waals surface area contributed by atoms with Gasteiger partial charge in [0, 0.05) is 23.6 Å². The van der Waals surface area contributed by atoms with Gasteiger partial charge in [0.25, 0.3) is 5.91 Å². The number of carbonyl (C=O) groups excluding carboxylic acids is 1. The minimum Gasteiger partial charge on any atom is -0.348 e. The normalized spacial score (nSPS) is 13.3. The number of fused-ring (bicyclic) bond motifs is 1. The molecule has 2 aromatic rings. The monoisotopic (exact) mass is 268 g/mol. The number of anilines is 1. The van der Waals surface area contributed by atoms with E-state index in [4.69, 9.17) is 0 Å². The minimum absolute atomic E-state index is 0.00338. The molecule has 1 aromatic heterocycles. The van der Waals surface area contributed by atoms with E-state index in [1.165, 1.54) is 17.7 Å². The number of hydrogen-bond acceptors (Lipinski definition) is 1. The number of benzene rings is 1. The molecular formula is C17H20N2O. The second-order valence-corrected chi connectivity index (χ2v) is 5.66. The van der Waals surface area contributed by atoms with Crippen LogP contribution in [0.5, 0.6) is 0 Å². The van der Waals surface area contributed by atoms with Crippen molar-refractivity contribution in [3.8, 4) is 0 Å². The van der Waals surface area contributed by atoms with Gasteiger partial charge in [0.15, 0.2) is 0 Å². The van der Waals surface area contributed by atoms with E-state index in [1.807, 2.05) is 32.0 Å². The molecular weight excluding hydrogens is 248 g/mol. The topological polar surface area (TPSA) is 34.0 Å². The van der Waals surface area contributed by atoms with Gasteiger partial charge in [-0.05, 0) is 51.3 Å². The average Bonchev–Trinajstić information content (AvgIpc) is 2.96. The molecule has 0 aliphatic carbocycles. The highest BCUT2D eigenvalue weighted by atomic mass is 16.1. The first-order valence-corrected chi connectivity index (χ1v) is 7.14. The van der Waals surface area contributed by atoms with Crippen LogP contribution in [0.4, 0.5) is 5.69 Å². The number of aromatic nitrogens is 1. The van der Waals surface area contributed by atoms with Gasteiger partial charge in [-0.2, -0.15) is 0 Å². The van der Waals surface area contributed by atoms with Crippen molar-refractivity contribution in [2.75, 3.05) is 5.32 Å². The maximum absolute atomic E-state index is 12.5. The SMILES string of the molecule is Cc1ccc(NC(=O)c2cc3n(c2C)CCC3)c(C)c1. The van der Waals surface area contributed by atoms with E-state index < -0.39 is 0 Å². The number of rotatable bonds is 2. The number of nitrogens with zero attached hydrogens (tertiary/aromatic N) is 1. The zero-order valence-electron chi connectivity index (χ0n) is 12.3. The summed E-state index contributed by atoms with van der Waals surface area (Å²) in [7, 11) is 0. The summed E-state index contributed by atoms with van der Waals surface area (Å²) >= 11 is 0. The first kappa shape index (κ1) is 13.0. The van der Waals surface area contributed by atoms with Gasteiger partial charge in [-0.25, -0.2) is 0 Å². The second-order valence-electron chi connectivity index (χ2n) is 5.66. The van der Waals surface area contributed by atoms with E-state index in [0.29, 0.717) is 0 Å². The van der Waals surface area contributed by atoms with Crippen LogP contribution in [0.1, 0.15) is 39.3 Å². The van der Waals surface area contributed by atoms with Crippen LogP contribution in [0.2, 0.25) is 0 Å². The summed E-state index contributed by atoms with van der Waals surface area (Å²) in [5.74, 6) is -0.00338. The Morgan fingerprint density at radius 2 is 2.00 bits per heavy atom. The summed E-state index contributed by atoms with van der Waals surface area (Å²) < 4.78 is 2.26. The zero-order valence-corrected chi connectivity index (χ0v) is 12.3. The van der Waals surface area contributed by atoms with Gasteiger partial charge in [0.05, 0.1) is 5.56 Å². The Hall–Kier alpha value is -2.03. The molecule has 0 unspecified atom stereocenters. The van der Waals surface area contributed by atoms with Crippen LogP contribution in [0.3, 0.4) is 0 Å². The molecule has 1 N–H and O–H groups in total. The van der Waals surface area contributed by atoms with E-state index in [2.05, 4.69) is 22.9 Å². The summed E-state index contributed by atoms with van der Waals surface area (Å²) in [4.78, 5) is 12.5. The van der Waals surface area contributed by atoms with E-state index in [1.54, 1.807) is 0 Å². The number of nitrogens with one attached hydrogen (secondary N) is 1. The van der Waals surface area contributed by atoms with Crippen molar-refractivity contribution >= 4 is 11.6 Å². The molecule has 0 bridgehead atoms. The van der Waals surface area contributed by atoms with Crippen molar-refractivity contribution in [1.29, 1.82) is 0 Å². The lowest BCUT2D eigenvalue weighted by molar-refractivity contribution is 0.102. The summed E-state index contributed by atoms with van der Waals surface area (Å²) in [5.41, 5.74) is 6.38. The predicted octanol–water partition coefficient (Wildman–Crippen LogP) is 3.61. The number of aryl methyl sites for hydroxylation is 3. The molecule has 1 aliphatic rings. The van der Waals surface area contributed by atoms with Gasteiger partial charge in [-0.15, -0.1) is 0 Å². The molecule has 0 spiro atoms. The molecule has 2 heterocycles. The maximum Gasteiger partial charge on any atom is 0.257 e. The third-order valence-corrected chi connectivity index (χ3v) is 4.14. The third-order valence-electron chi connectivity index (χ3n) is 4.14. The van der Waals surface area contributed by atoms with Crippen molar-refractivity contribution in [1.82, 2.24) is 4.57 Å². The van der Waals surface area contributed by atoms with Gasteiger partial charge in [0.1, 0.15) is 0 Å². The van der Waals surface area contributed by atoms with Crippen LogP contribution in [0, 0.1) is 20.8 Å². The Kier molecular flexibility index (Phi) is 3.13. The Morgan fingerprint density at radius 3 is 2.70 bits per heavy atom. The quantitative estimate of drug-likeness (QED) is 0.887. The van der Waals surface area contributed by atoms with Crippen LogP contribution in [0.25, 0.3) is 0 Å². The van der Waals surface area contributed by atoms with E-state index >= 15 is 0 Å². The van der Waals surface area contributed by atoms with Crippen LogP contribution in [-0.2, 0) is 13.0 Å². The standard InChI is InChI=1S/C17H20N2O/c1-11-6-7-16(12(2)9-11)18-17(20)15-10-14-5-4-8-19(14)13(15)3/h6-7,9-10H,4-5,8H2,1-3H3,(H,18,20). The number of carbonyl (C=O) groups is 1. The van der Waals surface area contributed by atoms with Gasteiger partial charge < -0.3 is 9.88 Å². The molecule has 0 saturated heterocycles. The zero-order chi connectivity index (χ0) is 14.3. The summed E-state index contributed by atoms with van der Waals surface area (Å²) in [6.07, 6.45) is 2.27. The fraction of sp³-hybridized carbons (Fsp3) is 0.353. The smallest absolute Gasteiger partial charge is 0.257 e. The molecule has 0 fully saturated rings. The summed E-state index contributed by atoms with van der Waals surface area (Å²) in [6.45, 7) is 7.15. The molecule has 1 amide bonds. The highest BCUT2D eigenvalue weighted by Gasteiger charge is 2.20. The van der Waals surface area contributed by atoms with Crippen molar-refractivity contribution in [2.45, 2.75) is 40.2 Å². The fourth-order valence-electron chi connectivity index (χ4n) is 3.02. The van der Waals surface area contributed by atoms with Crippen molar-refractivity contribution in [3.63, 3.8) is 0 Å². The van der Waals surface area contributed by atoms with Gasteiger partial charge in [0.2, 0.25) is 0 Å². The molecule has 0 saturated carbocycles. The molecule has 1 aliphatic heterocycles. The van der Waals surface area contributed by atoms with Gasteiger partial charge in [-0.1, -0.05) is 17.7 Å².